The van der Waals surface area contributed by atoms with Crippen LogP contribution >= 0.6 is 15.9 Å². The van der Waals surface area contributed by atoms with Gasteiger partial charge in [-0.05, 0) is 48.0 Å². The van der Waals surface area contributed by atoms with Gasteiger partial charge in [0.25, 0.3) is 0 Å². The van der Waals surface area contributed by atoms with Gasteiger partial charge in [-0.1, -0.05) is 0 Å². The third-order valence-electron chi connectivity index (χ3n) is 2.15. The van der Waals surface area contributed by atoms with Crippen LogP contribution in [0.1, 0.15) is 24.2 Å². The van der Waals surface area contributed by atoms with Crippen LogP contribution in [-0.2, 0) is 9.53 Å². The largest absolute Gasteiger partial charge is 0.462 e. The van der Waals surface area contributed by atoms with Crippen molar-refractivity contribution in [1.29, 1.82) is 0 Å². The molecular weight excluding hydrogens is 300 g/mol. The maximum absolute atomic E-state index is 11.5. The molecule has 0 fully saturated rings. The molecule has 1 aromatic rings. The third-order valence-corrected chi connectivity index (χ3v) is 2.81. The van der Waals surface area contributed by atoms with Gasteiger partial charge in [0.1, 0.15) is 0 Å². The number of amides is 1. The molecule has 3 N–H and O–H groups in total. The lowest BCUT2D eigenvalue weighted by Crippen LogP contribution is -2.32. The number of rotatable bonds is 4. The second-order valence-corrected chi connectivity index (χ2v) is 4.55. The zero-order chi connectivity index (χ0) is 13.7. The van der Waals surface area contributed by atoms with E-state index in [-0.39, 0.29) is 5.91 Å². The first-order valence-electron chi connectivity index (χ1n) is 5.48. The lowest BCUT2D eigenvalue weighted by molar-refractivity contribution is -0.117. The van der Waals surface area contributed by atoms with E-state index >= 15 is 0 Å². The van der Waals surface area contributed by atoms with E-state index < -0.39 is 12.0 Å². The summed E-state index contributed by atoms with van der Waals surface area (Å²) in [5.74, 6) is -0.692. The molecule has 0 aliphatic rings. The van der Waals surface area contributed by atoms with Crippen molar-refractivity contribution in [1.82, 2.24) is 0 Å². The molecule has 1 aromatic carbocycles. The van der Waals surface area contributed by atoms with E-state index in [1.165, 1.54) is 0 Å². The minimum Gasteiger partial charge on any atom is -0.462 e. The summed E-state index contributed by atoms with van der Waals surface area (Å²) in [6.07, 6.45) is 0. The smallest absolute Gasteiger partial charge is 0.338 e. The molecule has 1 atom stereocenters. The van der Waals surface area contributed by atoms with E-state index in [1.54, 1.807) is 32.0 Å². The summed E-state index contributed by atoms with van der Waals surface area (Å²) in [5, 5.41) is 2.64. The molecule has 0 unspecified atom stereocenters. The Balaban J connectivity index is 2.86. The molecule has 0 aliphatic carbocycles. The number of nitrogens with one attached hydrogen (secondary N) is 1. The fourth-order valence-corrected chi connectivity index (χ4v) is 1.68. The number of ether oxygens (including phenoxy) is 1. The second kappa shape index (κ2) is 6.51. The van der Waals surface area contributed by atoms with Gasteiger partial charge in [-0.2, -0.15) is 0 Å². The third kappa shape index (κ3) is 3.82. The van der Waals surface area contributed by atoms with Gasteiger partial charge in [0.2, 0.25) is 5.91 Å². The first-order valence-corrected chi connectivity index (χ1v) is 6.28. The predicted octanol–water partition coefficient (Wildman–Crippen LogP) is 1.91. The fourth-order valence-electron chi connectivity index (χ4n) is 1.20. The van der Waals surface area contributed by atoms with Crippen LogP contribution in [0.3, 0.4) is 0 Å². The Hall–Kier alpha value is -1.40. The fraction of sp³-hybridized carbons (Fsp3) is 0.333. The van der Waals surface area contributed by atoms with E-state index in [9.17, 15) is 9.59 Å². The summed E-state index contributed by atoms with van der Waals surface area (Å²) < 4.78 is 5.47. The van der Waals surface area contributed by atoms with Crippen molar-refractivity contribution in [2.24, 2.45) is 5.73 Å². The Morgan fingerprint density at radius 3 is 2.67 bits per heavy atom. The number of esters is 1. The summed E-state index contributed by atoms with van der Waals surface area (Å²) in [7, 11) is 0. The second-order valence-electron chi connectivity index (χ2n) is 3.69. The summed E-state index contributed by atoms with van der Waals surface area (Å²) >= 11 is 3.28. The van der Waals surface area contributed by atoms with E-state index in [0.717, 1.165) is 0 Å². The van der Waals surface area contributed by atoms with E-state index in [1.807, 2.05) is 0 Å². The lowest BCUT2D eigenvalue weighted by Gasteiger charge is -2.10. The number of carbonyl (C=O) groups is 2. The molecule has 0 bridgehead atoms. The van der Waals surface area contributed by atoms with Crippen LogP contribution in [0.15, 0.2) is 22.7 Å². The van der Waals surface area contributed by atoms with E-state index in [0.29, 0.717) is 22.3 Å². The van der Waals surface area contributed by atoms with Crippen LogP contribution in [0.5, 0.6) is 0 Å². The molecule has 0 saturated heterocycles. The Labute approximate surface area is 114 Å². The quantitative estimate of drug-likeness (QED) is 0.832. The molecule has 1 rings (SSSR count). The highest BCUT2D eigenvalue weighted by Gasteiger charge is 2.12. The monoisotopic (exact) mass is 314 g/mol. The number of anilines is 1. The normalized spacial score (nSPS) is 11.8. The van der Waals surface area contributed by atoms with Crippen LogP contribution in [-0.4, -0.2) is 24.5 Å². The number of benzene rings is 1. The van der Waals surface area contributed by atoms with Crippen molar-refractivity contribution in [3.63, 3.8) is 0 Å². The number of nitrogens with two attached hydrogens (primary N) is 1. The van der Waals surface area contributed by atoms with Gasteiger partial charge in [0.05, 0.1) is 23.9 Å². The first kappa shape index (κ1) is 14.7. The van der Waals surface area contributed by atoms with Crippen LogP contribution < -0.4 is 11.1 Å². The standard InChI is InChI=1S/C12H15BrN2O3/c1-3-18-12(17)8-4-5-10(9(13)6-8)15-11(16)7(2)14/h4-7H,3,14H2,1-2H3,(H,15,16)/t7-/m1/s1. The van der Waals surface area contributed by atoms with Gasteiger partial charge in [0, 0.05) is 4.47 Å². The molecule has 18 heavy (non-hydrogen) atoms. The summed E-state index contributed by atoms with van der Waals surface area (Å²) in [6, 6.07) is 4.20. The van der Waals surface area contributed by atoms with Crippen molar-refractivity contribution in [3.05, 3.63) is 28.2 Å². The molecule has 98 valence electrons. The van der Waals surface area contributed by atoms with Gasteiger partial charge in [-0.15, -0.1) is 0 Å². The number of carbonyl (C=O) groups excluding carboxylic acids is 2. The topological polar surface area (TPSA) is 81.4 Å². The molecule has 0 heterocycles. The van der Waals surface area contributed by atoms with E-state index in [2.05, 4.69) is 21.2 Å². The van der Waals surface area contributed by atoms with Crippen molar-refractivity contribution < 1.29 is 14.3 Å². The molecule has 0 aromatic heterocycles. The summed E-state index contributed by atoms with van der Waals surface area (Å²) in [5.41, 5.74) is 6.43. The Morgan fingerprint density at radius 1 is 1.50 bits per heavy atom. The highest BCUT2D eigenvalue weighted by Crippen LogP contribution is 2.24. The lowest BCUT2D eigenvalue weighted by atomic mass is 10.2. The van der Waals surface area contributed by atoms with Crippen molar-refractivity contribution >= 4 is 33.5 Å². The number of hydrogen-bond acceptors (Lipinski definition) is 4. The summed E-state index contributed by atoms with van der Waals surface area (Å²) in [6.45, 7) is 3.65. The van der Waals surface area contributed by atoms with Crippen LogP contribution in [0.2, 0.25) is 0 Å². The first-order chi connectivity index (χ1) is 8.45. The van der Waals surface area contributed by atoms with Crippen molar-refractivity contribution in [2.45, 2.75) is 19.9 Å². The molecule has 0 aliphatic heterocycles. The predicted molar refractivity (Wildman–Crippen MR) is 72.4 cm³/mol. The molecule has 0 spiro atoms. The minimum atomic E-state index is -0.596. The minimum absolute atomic E-state index is 0.292. The highest BCUT2D eigenvalue weighted by atomic mass is 79.9. The zero-order valence-corrected chi connectivity index (χ0v) is 11.8. The highest BCUT2D eigenvalue weighted by molar-refractivity contribution is 9.10. The molecule has 1 amide bonds. The summed E-state index contributed by atoms with van der Waals surface area (Å²) in [4.78, 5) is 22.9. The Bertz CT molecular complexity index is 461. The molecule has 0 saturated carbocycles. The van der Waals surface area contributed by atoms with Crippen molar-refractivity contribution in [3.8, 4) is 0 Å². The van der Waals surface area contributed by atoms with Crippen LogP contribution in [0, 0.1) is 0 Å². The average Bonchev–Trinajstić information content (AvgIpc) is 2.31. The SMILES string of the molecule is CCOC(=O)c1ccc(NC(=O)[C@@H](C)N)c(Br)c1. The zero-order valence-electron chi connectivity index (χ0n) is 10.2. The molecule has 0 radical (unpaired) electrons. The molecule has 5 nitrogen and oxygen atoms in total. The van der Waals surface area contributed by atoms with Gasteiger partial charge in [-0.25, -0.2) is 4.79 Å². The Kier molecular flexibility index (Phi) is 5.30. The number of halogens is 1. The average molecular weight is 315 g/mol. The van der Waals surface area contributed by atoms with Gasteiger partial charge in [0.15, 0.2) is 0 Å². The van der Waals surface area contributed by atoms with E-state index in [4.69, 9.17) is 10.5 Å². The van der Waals surface area contributed by atoms with Gasteiger partial charge in [-0.3, -0.25) is 4.79 Å². The van der Waals surface area contributed by atoms with Crippen LogP contribution in [0.25, 0.3) is 0 Å². The van der Waals surface area contributed by atoms with Crippen LogP contribution in [0.4, 0.5) is 5.69 Å². The Morgan fingerprint density at radius 2 is 2.17 bits per heavy atom. The molecule has 6 heteroatoms. The van der Waals surface area contributed by atoms with Gasteiger partial charge < -0.3 is 15.8 Å². The molecular formula is C12H15BrN2O3. The maximum atomic E-state index is 11.5. The number of hydrogen-bond donors (Lipinski definition) is 2. The van der Waals surface area contributed by atoms with Gasteiger partial charge >= 0.3 is 5.97 Å². The maximum Gasteiger partial charge on any atom is 0.338 e. The van der Waals surface area contributed by atoms with Crippen molar-refractivity contribution in [2.75, 3.05) is 11.9 Å².